The highest BCUT2D eigenvalue weighted by atomic mass is 15.2. The Balaban J connectivity index is 2.11. The average Bonchev–Trinajstić information content (AvgIpc) is 2.54. The Bertz CT molecular complexity index is 779. The predicted molar refractivity (Wildman–Crippen MR) is 92.9 cm³/mol. The van der Waals surface area contributed by atoms with Crippen LogP contribution in [0.5, 0.6) is 0 Å². The Morgan fingerprint density at radius 3 is 2.50 bits per heavy atom. The highest BCUT2D eigenvalue weighted by Crippen LogP contribution is 2.28. The van der Waals surface area contributed by atoms with Crippen molar-refractivity contribution >= 4 is 16.7 Å². The van der Waals surface area contributed by atoms with Crippen molar-refractivity contribution in [3.63, 3.8) is 0 Å². The number of aromatic nitrogens is 1. The lowest BCUT2D eigenvalue weighted by molar-refractivity contribution is 0.872. The van der Waals surface area contributed by atoms with Gasteiger partial charge in [-0.15, -0.1) is 0 Å². The van der Waals surface area contributed by atoms with Crippen LogP contribution in [0.4, 0.5) is 5.82 Å². The molecule has 0 aliphatic rings. The lowest BCUT2D eigenvalue weighted by atomic mass is 9.97. The summed E-state index contributed by atoms with van der Waals surface area (Å²) in [4.78, 5) is 4.77. The maximum Gasteiger partial charge on any atom is 0.144 e. The summed E-state index contributed by atoms with van der Waals surface area (Å²) in [6.07, 6.45) is 0.815. The number of fused-ring (bicyclic) bond motifs is 1. The summed E-state index contributed by atoms with van der Waals surface area (Å²) in [5.74, 6) is 6.90. The summed E-state index contributed by atoms with van der Waals surface area (Å²) >= 11 is 0. The number of anilines is 1. The quantitative estimate of drug-likeness (QED) is 0.558. The highest BCUT2D eigenvalue weighted by molar-refractivity contribution is 5.85. The molecule has 0 radical (unpaired) electrons. The third kappa shape index (κ3) is 2.81. The summed E-state index contributed by atoms with van der Waals surface area (Å²) in [7, 11) is 0. The van der Waals surface area contributed by atoms with Gasteiger partial charge < -0.3 is 5.43 Å². The van der Waals surface area contributed by atoms with Crippen LogP contribution < -0.4 is 11.3 Å². The van der Waals surface area contributed by atoms with E-state index >= 15 is 0 Å². The van der Waals surface area contributed by atoms with Gasteiger partial charge in [0.2, 0.25) is 0 Å². The summed E-state index contributed by atoms with van der Waals surface area (Å²) < 4.78 is 0. The Hall–Kier alpha value is -2.39. The maximum absolute atomic E-state index is 5.71. The standard InChI is InChI=1S/C19H21N3/c1-13(2)17-10-6-9-15-12-16(19(22-20)21-18(15)17)11-14-7-4-3-5-8-14/h3-10,12-13H,11,20H2,1-2H3,(H,21,22). The molecule has 0 saturated carbocycles. The fraction of sp³-hybridized carbons (Fsp3) is 0.211. The molecule has 1 heterocycles. The molecule has 3 rings (SSSR count). The summed E-state index contributed by atoms with van der Waals surface area (Å²) in [5.41, 5.74) is 7.41. The van der Waals surface area contributed by atoms with E-state index in [9.17, 15) is 0 Å². The second kappa shape index (κ2) is 6.16. The number of pyridine rings is 1. The zero-order valence-electron chi connectivity index (χ0n) is 13.0. The second-order valence-corrected chi connectivity index (χ2v) is 5.88. The first kappa shape index (κ1) is 14.5. The Morgan fingerprint density at radius 2 is 1.82 bits per heavy atom. The van der Waals surface area contributed by atoms with E-state index in [2.05, 4.69) is 67.8 Å². The molecule has 0 unspecified atom stereocenters. The molecule has 0 spiro atoms. The number of benzene rings is 2. The zero-order valence-corrected chi connectivity index (χ0v) is 13.0. The first-order chi connectivity index (χ1) is 10.7. The van der Waals surface area contributed by atoms with Crippen molar-refractivity contribution < 1.29 is 0 Å². The van der Waals surface area contributed by atoms with Crippen molar-refractivity contribution in [3.05, 3.63) is 71.3 Å². The van der Waals surface area contributed by atoms with Gasteiger partial charge in [-0.05, 0) is 23.1 Å². The monoisotopic (exact) mass is 291 g/mol. The number of rotatable bonds is 4. The Morgan fingerprint density at radius 1 is 1.05 bits per heavy atom. The zero-order chi connectivity index (χ0) is 15.5. The van der Waals surface area contributed by atoms with Crippen molar-refractivity contribution in [2.45, 2.75) is 26.2 Å². The van der Waals surface area contributed by atoms with Crippen LogP contribution in [-0.2, 0) is 6.42 Å². The van der Waals surface area contributed by atoms with Crippen LogP contribution in [0.2, 0.25) is 0 Å². The predicted octanol–water partition coefficient (Wildman–Crippen LogP) is 4.23. The molecule has 1 aromatic heterocycles. The van der Waals surface area contributed by atoms with E-state index in [-0.39, 0.29) is 0 Å². The van der Waals surface area contributed by atoms with Crippen molar-refractivity contribution in [1.82, 2.24) is 4.98 Å². The lowest BCUT2D eigenvalue weighted by Crippen LogP contribution is -2.12. The topological polar surface area (TPSA) is 50.9 Å². The van der Waals surface area contributed by atoms with Gasteiger partial charge >= 0.3 is 0 Å². The van der Waals surface area contributed by atoms with E-state index in [1.54, 1.807) is 0 Å². The Kier molecular flexibility index (Phi) is 4.07. The van der Waals surface area contributed by atoms with Crippen molar-refractivity contribution in [2.24, 2.45) is 5.84 Å². The average molecular weight is 291 g/mol. The van der Waals surface area contributed by atoms with E-state index in [0.29, 0.717) is 5.92 Å². The summed E-state index contributed by atoms with van der Waals surface area (Å²) in [6, 6.07) is 18.9. The van der Waals surface area contributed by atoms with Gasteiger partial charge in [0, 0.05) is 17.4 Å². The van der Waals surface area contributed by atoms with Crippen molar-refractivity contribution in [2.75, 3.05) is 5.43 Å². The van der Waals surface area contributed by atoms with Crippen LogP contribution in [0, 0.1) is 0 Å². The minimum atomic E-state index is 0.432. The van der Waals surface area contributed by atoms with E-state index in [4.69, 9.17) is 10.8 Å². The van der Waals surface area contributed by atoms with Gasteiger partial charge in [0.05, 0.1) is 5.52 Å². The molecule has 0 saturated heterocycles. The first-order valence-electron chi connectivity index (χ1n) is 7.62. The molecule has 0 atom stereocenters. The number of nitrogens with two attached hydrogens (primary N) is 1. The van der Waals surface area contributed by atoms with E-state index < -0.39 is 0 Å². The van der Waals surface area contributed by atoms with Gasteiger partial charge in [0.1, 0.15) is 5.82 Å². The molecule has 0 aliphatic heterocycles. The third-order valence-electron chi connectivity index (χ3n) is 3.95. The summed E-state index contributed by atoms with van der Waals surface area (Å²) in [6.45, 7) is 4.37. The van der Waals surface area contributed by atoms with Gasteiger partial charge in [0.15, 0.2) is 0 Å². The lowest BCUT2D eigenvalue weighted by Gasteiger charge is -2.14. The third-order valence-corrected chi connectivity index (χ3v) is 3.95. The maximum atomic E-state index is 5.71. The molecule has 112 valence electrons. The number of nitrogen functional groups attached to an aromatic ring is 1. The Labute approximate surface area is 131 Å². The minimum absolute atomic E-state index is 0.432. The van der Waals surface area contributed by atoms with Gasteiger partial charge in [-0.2, -0.15) is 0 Å². The molecule has 2 aromatic carbocycles. The van der Waals surface area contributed by atoms with Gasteiger partial charge in [-0.3, -0.25) is 0 Å². The van der Waals surface area contributed by atoms with Gasteiger partial charge in [-0.1, -0.05) is 62.4 Å². The van der Waals surface area contributed by atoms with Crippen LogP contribution in [0.15, 0.2) is 54.6 Å². The number of hydrazine groups is 1. The number of hydrogen-bond acceptors (Lipinski definition) is 3. The molecule has 0 fully saturated rings. The first-order valence-corrected chi connectivity index (χ1v) is 7.62. The molecular weight excluding hydrogens is 270 g/mol. The highest BCUT2D eigenvalue weighted by Gasteiger charge is 2.11. The van der Waals surface area contributed by atoms with Gasteiger partial charge in [0.25, 0.3) is 0 Å². The molecule has 0 amide bonds. The molecular formula is C19H21N3. The van der Waals surface area contributed by atoms with Crippen LogP contribution in [-0.4, -0.2) is 4.98 Å². The van der Waals surface area contributed by atoms with Crippen LogP contribution in [0.3, 0.4) is 0 Å². The molecule has 3 aromatic rings. The molecule has 3 nitrogen and oxygen atoms in total. The normalized spacial score (nSPS) is 11.1. The van der Waals surface area contributed by atoms with Crippen LogP contribution >= 0.6 is 0 Å². The molecule has 0 bridgehead atoms. The number of hydrogen-bond donors (Lipinski definition) is 2. The SMILES string of the molecule is CC(C)c1cccc2cc(Cc3ccccc3)c(NN)nc12. The fourth-order valence-electron chi connectivity index (χ4n) is 2.81. The fourth-order valence-corrected chi connectivity index (χ4v) is 2.81. The minimum Gasteiger partial charge on any atom is -0.308 e. The largest absolute Gasteiger partial charge is 0.308 e. The molecule has 22 heavy (non-hydrogen) atoms. The molecule has 3 heteroatoms. The summed E-state index contributed by atoms with van der Waals surface area (Å²) in [5, 5.41) is 1.16. The van der Waals surface area contributed by atoms with Crippen molar-refractivity contribution in [1.29, 1.82) is 0 Å². The number of nitrogens with zero attached hydrogens (tertiary/aromatic N) is 1. The van der Waals surface area contributed by atoms with Crippen LogP contribution in [0.25, 0.3) is 10.9 Å². The number of para-hydroxylation sites is 1. The van der Waals surface area contributed by atoms with Gasteiger partial charge in [-0.25, -0.2) is 10.8 Å². The van der Waals surface area contributed by atoms with E-state index in [0.717, 1.165) is 28.7 Å². The van der Waals surface area contributed by atoms with E-state index in [1.807, 2.05) is 6.07 Å². The molecule has 0 aliphatic carbocycles. The van der Waals surface area contributed by atoms with Crippen molar-refractivity contribution in [3.8, 4) is 0 Å². The molecule has 3 N–H and O–H groups in total. The number of nitrogens with one attached hydrogen (secondary N) is 1. The smallest absolute Gasteiger partial charge is 0.144 e. The van der Waals surface area contributed by atoms with E-state index in [1.165, 1.54) is 11.1 Å². The second-order valence-electron chi connectivity index (χ2n) is 5.88. The van der Waals surface area contributed by atoms with Crippen LogP contribution in [0.1, 0.15) is 36.5 Å².